The van der Waals surface area contributed by atoms with Crippen molar-refractivity contribution in [3.05, 3.63) is 0 Å². The highest BCUT2D eigenvalue weighted by molar-refractivity contribution is 4.73. The molecule has 200 valence electrons. The van der Waals surface area contributed by atoms with Crippen LogP contribution in [0.1, 0.15) is 163 Å². The largest absolute Gasteiger partial charge is 0.328 e. The second-order valence-electron chi connectivity index (χ2n) is 9.83. The van der Waals surface area contributed by atoms with Crippen molar-refractivity contribution in [3.63, 3.8) is 0 Å². The molecule has 3 nitrogen and oxygen atoms in total. The van der Waals surface area contributed by atoms with Gasteiger partial charge in [-0.05, 0) is 33.6 Å². The minimum absolute atomic E-state index is 0.326. The van der Waals surface area contributed by atoms with Crippen LogP contribution in [0.15, 0.2) is 0 Å². The minimum Gasteiger partial charge on any atom is -0.328 e. The summed E-state index contributed by atoms with van der Waals surface area (Å²) in [6, 6.07) is 0. The molecule has 0 saturated heterocycles. The molecule has 0 rings (SSSR count). The Labute approximate surface area is 209 Å². The van der Waals surface area contributed by atoms with Gasteiger partial charge >= 0.3 is 0 Å². The van der Waals surface area contributed by atoms with E-state index in [1.54, 1.807) is 0 Å². The van der Waals surface area contributed by atoms with Gasteiger partial charge in [0.1, 0.15) is 0 Å². The first-order chi connectivity index (χ1) is 16.2. The molecular formula is C30H62O3. The molecule has 0 spiro atoms. The standard InChI is InChI=1S/C30H62O3/c1-6-11-13-15-17-18-19-20-21-22-24-26-28-29(27-25-23-16-14-12-7-2)30(31-8-3,32-9-4)33-10-5/h29H,6-28H2,1-5H3. The van der Waals surface area contributed by atoms with Crippen molar-refractivity contribution in [3.8, 4) is 0 Å². The summed E-state index contributed by atoms with van der Waals surface area (Å²) in [6.07, 6.45) is 26.9. The third kappa shape index (κ3) is 17.9. The van der Waals surface area contributed by atoms with Crippen molar-refractivity contribution in [1.82, 2.24) is 0 Å². The average Bonchev–Trinajstić information content (AvgIpc) is 2.81. The van der Waals surface area contributed by atoms with Crippen molar-refractivity contribution in [2.45, 2.75) is 169 Å². The number of unbranched alkanes of at least 4 members (excludes halogenated alkanes) is 16. The molecule has 0 radical (unpaired) electrons. The van der Waals surface area contributed by atoms with E-state index in [4.69, 9.17) is 14.2 Å². The lowest BCUT2D eigenvalue weighted by Gasteiger charge is -2.39. The fourth-order valence-electron chi connectivity index (χ4n) is 4.98. The third-order valence-electron chi connectivity index (χ3n) is 6.85. The zero-order chi connectivity index (χ0) is 24.5. The number of ether oxygens (including phenoxy) is 3. The van der Waals surface area contributed by atoms with Crippen molar-refractivity contribution < 1.29 is 14.2 Å². The molecule has 1 unspecified atom stereocenters. The first-order valence-electron chi connectivity index (χ1n) is 15.1. The van der Waals surface area contributed by atoms with E-state index in [2.05, 4.69) is 34.6 Å². The van der Waals surface area contributed by atoms with Crippen LogP contribution in [-0.2, 0) is 14.2 Å². The van der Waals surface area contributed by atoms with Crippen molar-refractivity contribution >= 4 is 0 Å². The molecule has 0 N–H and O–H groups in total. The molecule has 0 aliphatic heterocycles. The minimum atomic E-state index is -0.848. The van der Waals surface area contributed by atoms with Gasteiger partial charge in [0, 0.05) is 25.7 Å². The summed E-state index contributed by atoms with van der Waals surface area (Å²) in [5.74, 6) is -0.522. The second kappa shape index (κ2) is 25.0. The van der Waals surface area contributed by atoms with E-state index in [0.717, 1.165) is 12.8 Å². The van der Waals surface area contributed by atoms with E-state index in [-0.39, 0.29) is 0 Å². The van der Waals surface area contributed by atoms with Crippen molar-refractivity contribution in [1.29, 1.82) is 0 Å². The van der Waals surface area contributed by atoms with Gasteiger partial charge in [-0.2, -0.15) is 0 Å². The third-order valence-corrected chi connectivity index (χ3v) is 6.85. The normalized spacial score (nSPS) is 13.0. The Bertz CT molecular complexity index is 355. The van der Waals surface area contributed by atoms with Crippen LogP contribution in [0.5, 0.6) is 0 Å². The highest BCUT2D eigenvalue weighted by atomic mass is 16.9. The zero-order valence-electron chi connectivity index (χ0n) is 23.6. The Morgan fingerprint density at radius 2 is 0.667 bits per heavy atom. The fraction of sp³-hybridized carbons (Fsp3) is 1.00. The SMILES string of the molecule is CCCCCCCCCCCCCCC(CCCCCCCC)C(OCC)(OCC)OCC. The van der Waals surface area contributed by atoms with Gasteiger partial charge in [-0.1, -0.05) is 129 Å². The molecule has 0 aromatic carbocycles. The first kappa shape index (κ1) is 32.9. The Morgan fingerprint density at radius 1 is 0.394 bits per heavy atom. The molecule has 0 saturated carbocycles. The summed E-state index contributed by atoms with van der Waals surface area (Å²) in [7, 11) is 0. The monoisotopic (exact) mass is 470 g/mol. The molecule has 0 aromatic rings. The van der Waals surface area contributed by atoms with Gasteiger partial charge in [0.25, 0.3) is 5.97 Å². The lowest BCUT2D eigenvalue weighted by Crippen LogP contribution is -2.46. The lowest BCUT2D eigenvalue weighted by molar-refractivity contribution is -0.403. The highest BCUT2D eigenvalue weighted by Crippen LogP contribution is 2.34. The Balaban J connectivity index is 4.38. The van der Waals surface area contributed by atoms with Crippen LogP contribution in [0.4, 0.5) is 0 Å². The molecule has 3 heteroatoms. The molecule has 0 aliphatic carbocycles. The topological polar surface area (TPSA) is 27.7 Å². The Hall–Kier alpha value is -0.120. The molecule has 0 fully saturated rings. The number of rotatable bonds is 27. The van der Waals surface area contributed by atoms with E-state index >= 15 is 0 Å². The summed E-state index contributed by atoms with van der Waals surface area (Å²) in [5.41, 5.74) is 0. The summed E-state index contributed by atoms with van der Waals surface area (Å²) in [6.45, 7) is 12.6. The highest BCUT2D eigenvalue weighted by Gasteiger charge is 2.41. The van der Waals surface area contributed by atoms with Gasteiger partial charge in [0.2, 0.25) is 0 Å². The predicted molar refractivity (Wildman–Crippen MR) is 145 cm³/mol. The van der Waals surface area contributed by atoms with Crippen molar-refractivity contribution in [2.24, 2.45) is 5.92 Å². The van der Waals surface area contributed by atoms with Crippen LogP contribution in [-0.4, -0.2) is 25.8 Å². The molecule has 33 heavy (non-hydrogen) atoms. The van der Waals surface area contributed by atoms with E-state index in [1.807, 2.05) is 0 Å². The fourth-order valence-corrected chi connectivity index (χ4v) is 4.98. The van der Waals surface area contributed by atoms with E-state index in [9.17, 15) is 0 Å². The molecule has 0 aromatic heterocycles. The Kier molecular flexibility index (Phi) is 24.9. The maximum Gasteiger partial charge on any atom is 0.285 e. The number of hydrogen-bond acceptors (Lipinski definition) is 3. The van der Waals surface area contributed by atoms with Crippen LogP contribution in [0.3, 0.4) is 0 Å². The molecule has 0 aliphatic rings. The predicted octanol–water partition coefficient (Wildman–Crippen LogP) is 10.2. The van der Waals surface area contributed by atoms with Gasteiger partial charge in [-0.25, -0.2) is 0 Å². The van der Waals surface area contributed by atoms with Crippen LogP contribution in [0, 0.1) is 5.92 Å². The summed E-state index contributed by atoms with van der Waals surface area (Å²) in [4.78, 5) is 0. The molecular weight excluding hydrogens is 408 g/mol. The van der Waals surface area contributed by atoms with Crippen LogP contribution in [0.2, 0.25) is 0 Å². The lowest BCUT2D eigenvalue weighted by atomic mass is 9.91. The molecule has 0 heterocycles. The Morgan fingerprint density at radius 3 is 0.939 bits per heavy atom. The smallest absolute Gasteiger partial charge is 0.285 e. The van der Waals surface area contributed by atoms with E-state index in [0.29, 0.717) is 25.7 Å². The van der Waals surface area contributed by atoms with Crippen LogP contribution in [0.25, 0.3) is 0 Å². The quantitative estimate of drug-likeness (QED) is 0.0882. The first-order valence-corrected chi connectivity index (χ1v) is 15.1. The summed E-state index contributed by atoms with van der Waals surface area (Å²) < 4.78 is 18.5. The van der Waals surface area contributed by atoms with E-state index < -0.39 is 5.97 Å². The van der Waals surface area contributed by atoms with Crippen molar-refractivity contribution in [2.75, 3.05) is 19.8 Å². The van der Waals surface area contributed by atoms with E-state index in [1.165, 1.54) is 116 Å². The van der Waals surface area contributed by atoms with Crippen LogP contribution >= 0.6 is 0 Å². The van der Waals surface area contributed by atoms with Gasteiger partial charge < -0.3 is 14.2 Å². The van der Waals surface area contributed by atoms with Gasteiger partial charge in [0.15, 0.2) is 0 Å². The summed E-state index contributed by atoms with van der Waals surface area (Å²) in [5, 5.41) is 0. The maximum absolute atomic E-state index is 6.18. The number of hydrogen-bond donors (Lipinski definition) is 0. The molecule has 0 bridgehead atoms. The van der Waals surface area contributed by atoms with Gasteiger partial charge in [0.05, 0.1) is 0 Å². The zero-order valence-corrected chi connectivity index (χ0v) is 23.6. The van der Waals surface area contributed by atoms with Gasteiger partial charge in [-0.15, -0.1) is 0 Å². The van der Waals surface area contributed by atoms with Crippen LogP contribution < -0.4 is 0 Å². The average molecular weight is 471 g/mol. The van der Waals surface area contributed by atoms with Gasteiger partial charge in [-0.3, -0.25) is 0 Å². The maximum atomic E-state index is 6.18. The summed E-state index contributed by atoms with van der Waals surface area (Å²) >= 11 is 0. The molecule has 1 atom stereocenters. The molecule has 0 amide bonds. The second-order valence-corrected chi connectivity index (χ2v) is 9.83.